The molecule has 0 spiro atoms. The molecule has 0 saturated carbocycles. The number of hydrogen-bond donors (Lipinski definition) is 0. The summed E-state index contributed by atoms with van der Waals surface area (Å²) in [7, 11) is 0. The first-order chi connectivity index (χ1) is 10.4. The number of pyridine rings is 2. The van der Waals surface area contributed by atoms with E-state index in [1.807, 2.05) is 30.3 Å². The molecular weight excluding hydrogens is 280 g/mol. The predicted molar refractivity (Wildman–Crippen MR) is 83.9 cm³/mol. The lowest BCUT2D eigenvalue weighted by molar-refractivity contribution is 1.10. The summed E-state index contributed by atoms with van der Waals surface area (Å²) in [4.78, 5) is 8.44. The number of aromatic nitrogens is 4. The first kappa shape index (κ1) is 12.1. The third-order valence-electron chi connectivity index (χ3n) is 3.18. The second kappa shape index (κ2) is 5.03. The Kier molecular flexibility index (Phi) is 2.90. The highest BCUT2D eigenvalue weighted by molar-refractivity contribution is 7.17. The summed E-state index contributed by atoms with van der Waals surface area (Å²) in [5.74, 6) is 0. The summed E-state index contributed by atoms with van der Waals surface area (Å²) in [6, 6.07) is 14.0. The molecule has 1 aromatic carbocycles. The predicted octanol–water partition coefficient (Wildman–Crippen LogP) is 3.82. The van der Waals surface area contributed by atoms with Crippen LogP contribution in [0.25, 0.3) is 32.0 Å². The Morgan fingerprint density at radius 3 is 2.52 bits per heavy atom. The van der Waals surface area contributed by atoms with Crippen molar-refractivity contribution in [1.29, 1.82) is 0 Å². The molecule has 100 valence electrons. The van der Waals surface area contributed by atoms with Crippen molar-refractivity contribution in [3.8, 4) is 21.1 Å². The molecule has 0 saturated heterocycles. The lowest BCUT2D eigenvalue weighted by Gasteiger charge is -1.99. The standard InChI is InChI=1S/C16H10N4S/c1-4-13(10-17-7-1)16-20-19-15(21-16)12-5-6-14-11(9-12)3-2-8-18-14/h1-10H. The third kappa shape index (κ3) is 2.28. The van der Waals surface area contributed by atoms with E-state index in [4.69, 9.17) is 0 Å². The molecule has 0 aliphatic carbocycles. The van der Waals surface area contributed by atoms with E-state index in [1.54, 1.807) is 29.9 Å². The molecular formula is C16H10N4S. The van der Waals surface area contributed by atoms with Gasteiger partial charge in [-0.25, -0.2) is 0 Å². The summed E-state index contributed by atoms with van der Waals surface area (Å²) in [6.07, 6.45) is 5.35. The second-order valence-electron chi connectivity index (χ2n) is 4.56. The van der Waals surface area contributed by atoms with Gasteiger partial charge in [0.1, 0.15) is 10.0 Å². The van der Waals surface area contributed by atoms with Gasteiger partial charge in [0.2, 0.25) is 0 Å². The number of fused-ring (bicyclic) bond motifs is 1. The second-order valence-corrected chi connectivity index (χ2v) is 5.54. The largest absolute Gasteiger partial charge is 0.264 e. The average molecular weight is 290 g/mol. The van der Waals surface area contributed by atoms with Gasteiger partial charge in [0, 0.05) is 35.1 Å². The minimum atomic E-state index is 0.879. The molecule has 0 N–H and O–H groups in total. The van der Waals surface area contributed by atoms with Crippen LogP contribution in [-0.4, -0.2) is 20.2 Å². The van der Waals surface area contributed by atoms with Crippen LogP contribution < -0.4 is 0 Å². The van der Waals surface area contributed by atoms with Gasteiger partial charge < -0.3 is 0 Å². The van der Waals surface area contributed by atoms with Crippen LogP contribution in [0.3, 0.4) is 0 Å². The van der Waals surface area contributed by atoms with Crippen LogP contribution >= 0.6 is 11.3 Å². The maximum atomic E-state index is 4.33. The smallest absolute Gasteiger partial charge is 0.149 e. The van der Waals surface area contributed by atoms with E-state index in [0.717, 1.165) is 32.0 Å². The van der Waals surface area contributed by atoms with Crippen molar-refractivity contribution in [2.24, 2.45) is 0 Å². The lowest BCUT2D eigenvalue weighted by Crippen LogP contribution is -1.80. The van der Waals surface area contributed by atoms with Crippen LogP contribution in [0.5, 0.6) is 0 Å². The molecule has 3 aromatic heterocycles. The maximum absolute atomic E-state index is 4.33. The van der Waals surface area contributed by atoms with Crippen molar-refractivity contribution in [1.82, 2.24) is 20.2 Å². The van der Waals surface area contributed by atoms with Crippen LogP contribution in [0.15, 0.2) is 61.1 Å². The van der Waals surface area contributed by atoms with Gasteiger partial charge in [-0.2, -0.15) is 0 Å². The SMILES string of the molecule is c1cncc(-c2nnc(-c3ccc4ncccc4c3)s2)c1. The van der Waals surface area contributed by atoms with Crippen LogP contribution in [-0.2, 0) is 0 Å². The molecule has 4 aromatic rings. The molecule has 0 aliphatic rings. The zero-order chi connectivity index (χ0) is 14.1. The van der Waals surface area contributed by atoms with Gasteiger partial charge in [-0.1, -0.05) is 17.4 Å². The number of rotatable bonds is 2. The van der Waals surface area contributed by atoms with Gasteiger partial charge in [-0.05, 0) is 36.4 Å². The highest BCUT2D eigenvalue weighted by Gasteiger charge is 2.09. The van der Waals surface area contributed by atoms with Crippen molar-refractivity contribution in [2.45, 2.75) is 0 Å². The van der Waals surface area contributed by atoms with E-state index >= 15 is 0 Å². The number of hydrogen-bond acceptors (Lipinski definition) is 5. The van der Waals surface area contributed by atoms with Crippen molar-refractivity contribution in [3.63, 3.8) is 0 Å². The Bertz CT molecular complexity index is 902. The fourth-order valence-corrected chi connectivity index (χ4v) is 2.98. The summed E-state index contributed by atoms with van der Waals surface area (Å²) >= 11 is 1.56. The molecule has 0 fully saturated rings. The summed E-state index contributed by atoms with van der Waals surface area (Å²) in [5, 5.41) is 11.4. The van der Waals surface area contributed by atoms with E-state index < -0.39 is 0 Å². The Balaban J connectivity index is 1.77. The van der Waals surface area contributed by atoms with Crippen LogP contribution in [0.2, 0.25) is 0 Å². The highest BCUT2D eigenvalue weighted by atomic mass is 32.1. The van der Waals surface area contributed by atoms with Gasteiger partial charge in [0.15, 0.2) is 0 Å². The molecule has 4 rings (SSSR count). The molecule has 0 atom stereocenters. The number of benzene rings is 1. The van der Waals surface area contributed by atoms with E-state index in [1.165, 1.54) is 0 Å². The Labute approximate surface area is 125 Å². The highest BCUT2D eigenvalue weighted by Crippen LogP contribution is 2.30. The van der Waals surface area contributed by atoms with Crippen LogP contribution in [0.1, 0.15) is 0 Å². The fraction of sp³-hybridized carbons (Fsp3) is 0. The first-order valence-corrected chi connectivity index (χ1v) is 7.31. The van der Waals surface area contributed by atoms with Crippen LogP contribution in [0.4, 0.5) is 0 Å². The van der Waals surface area contributed by atoms with Gasteiger partial charge in [0.25, 0.3) is 0 Å². The normalized spacial score (nSPS) is 10.9. The van der Waals surface area contributed by atoms with E-state index in [-0.39, 0.29) is 0 Å². The van der Waals surface area contributed by atoms with Crippen molar-refractivity contribution >= 4 is 22.2 Å². The topological polar surface area (TPSA) is 51.6 Å². The van der Waals surface area contributed by atoms with Crippen molar-refractivity contribution in [3.05, 3.63) is 61.1 Å². The third-order valence-corrected chi connectivity index (χ3v) is 4.20. The fourth-order valence-electron chi connectivity index (χ4n) is 2.15. The lowest BCUT2D eigenvalue weighted by atomic mass is 10.1. The van der Waals surface area contributed by atoms with Crippen LogP contribution in [0, 0.1) is 0 Å². The van der Waals surface area contributed by atoms with Crippen molar-refractivity contribution < 1.29 is 0 Å². The summed E-state index contributed by atoms with van der Waals surface area (Å²) in [6.45, 7) is 0. The van der Waals surface area contributed by atoms with Gasteiger partial charge in [0.05, 0.1) is 5.52 Å². The molecule has 0 unspecified atom stereocenters. The van der Waals surface area contributed by atoms with E-state index in [2.05, 4.69) is 32.3 Å². The summed E-state index contributed by atoms with van der Waals surface area (Å²) in [5.41, 5.74) is 3.03. The minimum absolute atomic E-state index is 0.879. The first-order valence-electron chi connectivity index (χ1n) is 6.49. The zero-order valence-electron chi connectivity index (χ0n) is 11.0. The molecule has 5 heteroatoms. The molecule has 4 nitrogen and oxygen atoms in total. The Morgan fingerprint density at radius 2 is 1.67 bits per heavy atom. The molecule has 0 amide bonds. The van der Waals surface area contributed by atoms with Crippen molar-refractivity contribution in [2.75, 3.05) is 0 Å². The van der Waals surface area contributed by atoms with Gasteiger partial charge in [-0.15, -0.1) is 10.2 Å². The molecule has 0 bridgehead atoms. The molecule has 21 heavy (non-hydrogen) atoms. The summed E-state index contributed by atoms with van der Waals surface area (Å²) < 4.78 is 0. The Hall–Kier alpha value is -2.66. The van der Waals surface area contributed by atoms with Gasteiger partial charge >= 0.3 is 0 Å². The molecule has 0 aliphatic heterocycles. The maximum Gasteiger partial charge on any atom is 0.149 e. The molecule has 0 radical (unpaired) electrons. The minimum Gasteiger partial charge on any atom is -0.264 e. The molecule has 3 heterocycles. The Morgan fingerprint density at radius 1 is 0.810 bits per heavy atom. The number of nitrogens with zero attached hydrogens (tertiary/aromatic N) is 4. The zero-order valence-corrected chi connectivity index (χ0v) is 11.8. The average Bonchev–Trinajstić information content (AvgIpc) is 3.05. The van der Waals surface area contributed by atoms with Gasteiger partial charge in [-0.3, -0.25) is 9.97 Å². The quantitative estimate of drug-likeness (QED) is 0.563. The van der Waals surface area contributed by atoms with E-state index in [9.17, 15) is 0 Å². The monoisotopic (exact) mass is 290 g/mol. The van der Waals surface area contributed by atoms with E-state index in [0.29, 0.717) is 0 Å².